The number of pyridine rings is 1. The summed E-state index contributed by atoms with van der Waals surface area (Å²) in [6.45, 7) is 6.42. The maximum Gasteiger partial charge on any atom is 0.0606 e. The minimum atomic E-state index is -0.0294. The van der Waals surface area contributed by atoms with Gasteiger partial charge in [-0.25, -0.2) is 0 Å². The zero-order chi connectivity index (χ0) is 13.8. The van der Waals surface area contributed by atoms with Gasteiger partial charge in [0.2, 0.25) is 0 Å². The van der Waals surface area contributed by atoms with Crippen molar-refractivity contribution in [2.24, 2.45) is 5.73 Å². The third-order valence-corrected chi connectivity index (χ3v) is 3.69. The minimum Gasteiger partial charge on any atom is -0.322 e. The fourth-order valence-electron chi connectivity index (χ4n) is 2.36. The minimum absolute atomic E-state index is 0.0294. The van der Waals surface area contributed by atoms with Gasteiger partial charge in [-0.05, 0) is 55.0 Å². The fraction of sp³-hybridized carbons (Fsp3) is 0.353. The van der Waals surface area contributed by atoms with Gasteiger partial charge in [-0.3, -0.25) is 4.98 Å². The highest BCUT2D eigenvalue weighted by atomic mass is 14.8. The Labute approximate surface area is 115 Å². The second-order valence-corrected chi connectivity index (χ2v) is 5.13. The van der Waals surface area contributed by atoms with E-state index in [0.29, 0.717) is 0 Å². The van der Waals surface area contributed by atoms with Crippen LogP contribution in [0.4, 0.5) is 0 Å². The van der Waals surface area contributed by atoms with E-state index >= 15 is 0 Å². The van der Waals surface area contributed by atoms with E-state index in [1.54, 1.807) is 0 Å². The SMILES string of the molecule is CCc1cccnc1C(N)Cc1ccc(C)c(C)c1. The molecule has 0 aliphatic heterocycles. The first-order valence-electron chi connectivity index (χ1n) is 6.87. The molecule has 0 fully saturated rings. The van der Waals surface area contributed by atoms with Crippen molar-refractivity contribution >= 4 is 0 Å². The van der Waals surface area contributed by atoms with Crippen molar-refractivity contribution in [2.45, 2.75) is 39.7 Å². The smallest absolute Gasteiger partial charge is 0.0606 e. The number of aromatic nitrogens is 1. The maximum absolute atomic E-state index is 6.33. The average molecular weight is 254 g/mol. The van der Waals surface area contributed by atoms with Gasteiger partial charge >= 0.3 is 0 Å². The summed E-state index contributed by atoms with van der Waals surface area (Å²) in [4.78, 5) is 4.46. The van der Waals surface area contributed by atoms with Crippen molar-refractivity contribution in [3.63, 3.8) is 0 Å². The summed E-state index contributed by atoms with van der Waals surface area (Å²) in [6.07, 6.45) is 3.64. The normalized spacial score (nSPS) is 12.4. The van der Waals surface area contributed by atoms with Crippen LogP contribution >= 0.6 is 0 Å². The van der Waals surface area contributed by atoms with Crippen LogP contribution < -0.4 is 5.73 Å². The first-order valence-corrected chi connectivity index (χ1v) is 6.87. The van der Waals surface area contributed by atoms with Crippen molar-refractivity contribution in [1.82, 2.24) is 4.98 Å². The molecule has 2 aromatic rings. The molecule has 0 aliphatic rings. The summed E-state index contributed by atoms with van der Waals surface area (Å²) >= 11 is 0. The number of hydrogen-bond acceptors (Lipinski definition) is 2. The first-order chi connectivity index (χ1) is 9.11. The van der Waals surface area contributed by atoms with Crippen LogP contribution in [0, 0.1) is 13.8 Å². The Morgan fingerprint density at radius 2 is 1.95 bits per heavy atom. The highest BCUT2D eigenvalue weighted by molar-refractivity contribution is 5.32. The number of hydrogen-bond donors (Lipinski definition) is 1. The monoisotopic (exact) mass is 254 g/mol. The van der Waals surface area contributed by atoms with Crippen LogP contribution in [0.15, 0.2) is 36.5 Å². The Hall–Kier alpha value is -1.67. The molecule has 1 aromatic heterocycles. The molecule has 0 saturated carbocycles. The molecular formula is C17H22N2. The van der Waals surface area contributed by atoms with Crippen molar-refractivity contribution < 1.29 is 0 Å². The molecule has 0 bridgehead atoms. The summed E-state index contributed by atoms with van der Waals surface area (Å²) in [5, 5.41) is 0. The molecule has 0 aliphatic carbocycles. The van der Waals surface area contributed by atoms with Crippen molar-refractivity contribution in [3.05, 3.63) is 64.5 Å². The standard InChI is InChI=1S/C17H22N2/c1-4-15-6-5-9-19-17(15)16(18)11-14-8-7-12(2)13(3)10-14/h5-10,16H,4,11,18H2,1-3H3. The van der Waals surface area contributed by atoms with Crippen molar-refractivity contribution in [2.75, 3.05) is 0 Å². The van der Waals surface area contributed by atoms with Crippen molar-refractivity contribution in [1.29, 1.82) is 0 Å². The van der Waals surface area contributed by atoms with Gasteiger partial charge in [0.25, 0.3) is 0 Å². The lowest BCUT2D eigenvalue weighted by Gasteiger charge is -2.15. The third-order valence-electron chi connectivity index (χ3n) is 3.69. The summed E-state index contributed by atoms with van der Waals surface area (Å²) in [7, 11) is 0. The quantitative estimate of drug-likeness (QED) is 0.907. The van der Waals surface area contributed by atoms with Gasteiger partial charge in [-0.1, -0.05) is 31.2 Å². The first kappa shape index (κ1) is 13.8. The molecule has 0 spiro atoms. The second-order valence-electron chi connectivity index (χ2n) is 5.13. The Bertz CT molecular complexity index is 561. The summed E-state index contributed by atoms with van der Waals surface area (Å²) < 4.78 is 0. The molecule has 2 N–H and O–H groups in total. The van der Waals surface area contributed by atoms with Crippen LogP contribution in [0.25, 0.3) is 0 Å². The van der Waals surface area contributed by atoms with Crippen LogP contribution in [-0.2, 0) is 12.8 Å². The molecule has 19 heavy (non-hydrogen) atoms. The van der Waals surface area contributed by atoms with Gasteiger partial charge in [0.05, 0.1) is 11.7 Å². The van der Waals surface area contributed by atoms with E-state index < -0.39 is 0 Å². The molecule has 1 atom stereocenters. The van der Waals surface area contributed by atoms with E-state index in [2.05, 4.69) is 50.0 Å². The van der Waals surface area contributed by atoms with Crippen molar-refractivity contribution in [3.8, 4) is 0 Å². The second kappa shape index (κ2) is 5.98. The Morgan fingerprint density at radius 3 is 2.63 bits per heavy atom. The van der Waals surface area contributed by atoms with Crippen LogP contribution in [0.1, 0.15) is 40.9 Å². The van der Waals surface area contributed by atoms with E-state index in [4.69, 9.17) is 5.73 Å². The zero-order valence-electron chi connectivity index (χ0n) is 12.0. The van der Waals surface area contributed by atoms with E-state index in [1.807, 2.05) is 12.3 Å². The van der Waals surface area contributed by atoms with Gasteiger partial charge in [0.1, 0.15) is 0 Å². The summed E-state index contributed by atoms with van der Waals surface area (Å²) in [5.74, 6) is 0. The van der Waals surface area contributed by atoms with E-state index in [-0.39, 0.29) is 6.04 Å². The molecule has 1 heterocycles. The van der Waals surface area contributed by atoms with Gasteiger partial charge < -0.3 is 5.73 Å². The molecular weight excluding hydrogens is 232 g/mol. The highest BCUT2D eigenvalue weighted by Gasteiger charge is 2.12. The van der Waals surface area contributed by atoms with Gasteiger partial charge in [0, 0.05) is 6.20 Å². The molecule has 2 rings (SSSR count). The number of nitrogens with two attached hydrogens (primary N) is 1. The Morgan fingerprint density at radius 1 is 1.16 bits per heavy atom. The average Bonchev–Trinajstić information content (AvgIpc) is 2.43. The molecule has 0 radical (unpaired) electrons. The predicted molar refractivity (Wildman–Crippen MR) is 80.2 cm³/mol. The van der Waals surface area contributed by atoms with Crippen LogP contribution in [-0.4, -0.2) is 4.98 Å². The lowest BCUT2D eigenvalue weighted by molar-refractivity contribution is 0.685. The summed E-state index contributed by atoms with van der Waals surface area (Å²) in [5.41, 5.74) is 12.5. The van der Waals surface area contributed by atoms with E-state index in [1.165, 1.54) is 22.3 Å². The number of rotatable bonds is 4. The lowest BCUT2D eigenvalue weighted by Crippen LogP contribution is -2.17. The third kappa shape index (κ3) is 3.21. The van der Waals surface area contributed by atoms with Crippen LogP contribution in [0.3, 0.4) is 0 Å². The van der Waals surface area contributed by atoms with E-state index in [0.717, 1.165) is 18.5 Å². The van der Waals surface area contributed by atoms with Gasteiger partial charge in [-0.2, -0.15) is 0 Å². The molecule has 1 aromatic carbocycles. The molecule has 0 saturated heterocycles. The number of nitrogens with zero attached hydrogens (tertiary/aromatic N) is 1. The number of aryl methyl sites for hydroxylation is 3. The lowest BCUT2D eigenvalue weighted by atomic mass is 9.97. The summed E-state index contributed by atoms with van der Waals surface area (Å²) in [6, 6.07) is 10.6. The number of benzene rings is 1. The van der Waals surface area contributed by atoms with Crippen LogP contribution in [0.2, 0.25) is 0 Å². The van der Waals surface area contributed by atoms with Gasteiger partial charge in [0.15, 0.2) is 0 Å². The van der Waals surface area contributed by atoms with E-state index in [9.17, 15) is 0 Å². The molecule has 2 nitrogen and oxygen atoms in total. The molecule has 100 valence electrons. The largest absolute Gasteiger partial charge is 0.322 e. The fourth-order valence-corrected chi connectivity index (χ4v) is 2.36. The van der Waals surface area contributed by atoms with Gasteiger partial charge in [-0.15, -0.1) is 0 Å². The molecule has 1 unspecified atom stereocenters. The molecule has 0 amide bonds. The Kier molecular flexibility index (Phi) is 4.33. The predicted octanol–water partition coefficient (Wildman–Crippen LogP) is 3.50. The highest BCUT2D eigenvalue weighted by Crippen LogP contribution is 2.19. The zero-order valence-corrected chi connectivity index (χ0v) is 12.0. The van der Waals surface area contributed by atoms with Crippen LogP contribution in [0.5, 0.6) is 0 Å². The molecule has 2 heteroatoms. The topological polar surface area (TPSA) is 38.9 Å². The maximum atomic E-state index is 6.33. The Balaban J connectivity index is 2.20.